The largest absolute Gasteiger partial charge is 0.485 e. The highest BCUT2D eigenvalue weighted by Gasteiger charge is 2.27. The molecule has 0 aromatic heterocycles. The van der Waals surface area contributed by atoms with E-state index in [1.165, 1.54) is 6.07 Å². The number of rotatable bonds is 2. The highest BCUT2D eigenvalue weighted by atomic mass is 19.1. The topological polar surface area (TPSA) is 78.6 Å². The molecule has 84 valence electrons. The van der Waals surface area contributed by atoms with E-state index >= 15 is 0 Å². The Bertz CT molecular complexity index is 472. The summed E-state index contributed by atoms with van der Waals surface area (Å²) in [6.45, 7) is -0.498. The average Bonchev–Trinajstić information content (AvgIpc) is 2.59. The van der Waals surface area contributed by atoms with Gasteiger partial charge in [0, 0.05) is 5.56 Å². The van der Waals surface area contributed by atoms with E-state index in [1.807, 2.05) is 0 Å². The van der Waals surface area contributed by atoms with Crippen molar-refractivity contribution in [2.45, 2.75) is 6.61 Å². The number of hydrogen-bond donors (Lipinski definition) is 1. The van der Waals surface area contributed by atoms with Crippen LogP contribution in [0.25, 0.3) is 0 Å². The lowest BCUT2D eigenvalue weighted by atomic mass is 10.0. The fraction of sp³-hybridized carbons (Fsp3) is 0.200. The van der Waals surface area contributed by atoms with Gasteiger partial charge in [0.25, 0.3) is 0 Å². The zero-order valence-corrected chi connectivity index (χ0v) is 8.16. The van der Waals surface area contributed by atoms with Gasteiger partial charge in [-0.15, -0.1) is 0 Å². The molecule has 16 heavy (non-hydrogen) atoms. The molecule has 1 aromatic carbocycles. The van der Waals surface area contributed by atoms with Crippen molar-refractivity contribution in [3.05, 3.63) is 29.1 Å². The number of ether oxygens (including phenoxy) is 2. The molecule has 0 aliphatic carbocycles. The van der Waals surface area contributed by atoms with Crippen LogP contribution in [0.3, 0.4) is 0 Å². The number of nitrogens with two attached hydrogens (primary N) is 1. The second-order valence-electron chi connectivity index (χ2n) is 3.22. The van der Waals surface area contributed by atoms with E-state index in [1.54, 1.807) is 0 Å². The highest BCUT2D eigenvalue weighted by molar-refractivity contribution is 6.03. The molecule has 0 spiro atoms. The Labute approximate surface area is 89.9 Å². The van der Waals surface area contributed by atoms with E-state index in [9.17, 15) is 14.0 Å². The Balaban J connectivity index is 2.39. The van der Waals surface area contributed by atoms with Crippen molar-refractivity contribution >= 4 is 11.9 Å². The SMILES string of the molecule is NC(=O)OCc1c(F)ccc2c1C(=O)CO2. The van der Waals surface area contributed by atoms with E-state index in [0.29, 0.717) is 5.75 Å². The quantitative estimate of drug-likeness (QED) is 0.814. The number of halogens is 1. The Kier molecular flexibility index (Phi) is 2.47. The summed E-state index contributed by atoms with van der Waals surface area (Å²) in [6.07, 6.45) is -1.02. The number of carbonyl (C=O) groups is 2. The summed E-state index contributed by atoms with van der Waals surface area (Å²) >= 11 is 0. The van der Waals surface area contributed by atoms with E-state index < -0.39 is 11.9 Å². The first kappa shape index (κ1) is 10.4. The first-order chi connectivity index (χ1) is 7.59. The van der Waals surface area contributed by atoms with Gasteiger partial charge in [0.15, 0.2) is 6.61 Å². The van der Waals surface area contributed by atoms with Crippen molar-refractivity contribution < 1.29 is 23.5 Å². The molecule has 1 heterocycles. The predicted molar refractivity (Wildman–Crippen MR) is 50.6 cm³/mol. The lowest BCUT2D eigenvalue weighted by molar-refractivity contribution is 0.0956. The first-order valence-corrected chi connectivity index (χ1v) is 4.49. The Hall–Kier alpha value is -2.11. The number of benzene rings is 1. The monoisotopic (exact) mass is 225 g/mol. The van der Waals surface area contributed by atoms with Crippen LogP contribution in [0, 0.1) is 5.82 Å². The van der Waals surface area contributed by atoms with Gasteiger partial charge in [-0.05, 0) is 12.1 Å². The second-order valence-corrected chi connectivity index (χ2v) is 3.22. The van der Waals surface area contributed by atoms with Crippen molar-refractivity contribution in [2.24, 2.45) is 5.73 Å². The minimum absolute atomic E-state index is 0.00111. The molecule has 0 unspecified atom stereocenters. The van der Waals surface area contributed by atoms with Crippen molar-refractivity contribution in [1.29, 1.82) is 0 Å². The highest BCUT2D eigenvalue weighted by Crippen LogP contribution is 2.30. The van der Waals surface area contributed by atoms with E-state index in [2.05, 4.69) is 4.74 Å². The minimum atomic E-state index is -1.02. The van der Waals surface area contributed by atoms with E-state index in [4.69, 9.17) is 10.5 Å². The van der Waals surface area contributed by atoms with Crippen molar-refractivity contribution in [3.8, 4) is 5.75 Å². The molecule has 2 rings (SSSR count). The molecule has 1 aliphatic rings. The molecule has 0 saturated heterocycles. The molecule has 0 saturated carbocycles. The van der Waals surface area contributed by atoms with E-state index in [0.717, 1.165) is 6.07 Å². The summed E-state index contributed by atoms with van der Waals surface area (Å²) in [7, 11) is 0. The van der Waals surface area contributed by atoms with Gasteiger partial charge in [-0.1, -0.05) is 0 Å². The molecule has 2 N–H and O–H groups in total. The number of amides is 1. The predicted octanol–water partition coefficient (Wildman–Crippen LogP) is 0.996. The van der Waals surface area contributed by atoms with Gasteiger partial charge < -0.3 is 15.2 Å². The third kappa shape index (κ3) is 1.69. The van der Waals surface area contributed by atoms with Crippen LogP contribution in [0.2, 0.25) is 0 Å². The maximum atomic E-state index is 13.4. The molecule has 0 fully saturated rings. The molecule has 0 bridgehead atoms. The van der Waals surface area contributed by atoms with Crippen LogP contribution in [0.15, 0.2) is 12.1 Å². The number of fused-ring (bicyclic) bond motifs is 1. The molecule has 6 heteroatoms. The number of primary amides is 1. The van der Waals surface area contributed by atoms with Crippen molar-refractivity contribution in [2.75, 3.05) is 6.61 Å². The molecule has 5 nitrogen and oxygen atoms in total. The van der Waals surface area contributed by atoms with Gasteiger partial charge >= 0.3 is 6.09 Å². The molecule has 0 radical (unpaired) electrons. The van der Waals surface area contributed by atoms with Crippen molar-refractivity contribution in [3.63, 3.8) is 0 Å². The normalized spacial score (nSPS) is 13.2. The lowest BCUT2D eigenvalue weighted by Gasteiger charge is -2.07. The van der Waals surface area contributed by atoms with Crippen LogP contribution in [-0.2, 0) is 11.3 Å². The number of carbonyl (C=O) groups excluding carboxylic acids is 2. The lowest BCUT2D eigenvalue weighted by Crippen LogP contribution is -2.14. The van der Waals surface area contributed by atoms with Crippen LogP contribution in [0.1, 0.15) is 15.9 Å². The number of Topliss-reactive ketones (excluding diaryl/α,β-unsaturated/α-hetero) is 1. The molecular formula is C10H8FNO4. The smallest absolute Gasteiger partial charge is 0.404 e. The minimum Gasteiger partial charge on any atom is -0.485 e. The zero-order valence-electron chi connectivity index (χ0n) is 8.16. The van der Waals surface area contributed by atoms with Crippen LogP contribution in [-0.4, -0.2) is 18.5 Å². The third-order valence-corrected chi connectivity index (χ3v) is 2.21. The van der Waals surface area contributed by atoms with Gasteiger partial charge in [-0.2, -0.15) is 0 Å². The maximum Gasteiger partial charge on any atom is 0.404 e. The van der Waals surface area contributed by atoms with Crippen LogP contribution in [0.5, 0.6) is 5.75 Å². The third-order valence-electron chi connectivity index (χ3n) is 2.21. The van der Waals surface area contributed by atoms with E-state index in [-0.39, 0.29) is 30.1 Å². The van der Waals surface area contributed by atoms with Gasteiger partial charge in [-0.3, -0.25) is 4.79 Å². The summed E-state index contributed by atoms with van der Waals surface area (Å²) < 4.78 is 22.9. The first-order valence-electron chi connectivity index (χ1n) is 4.49. The molecular weight excluding hydrogens is 217 g/mol. The molecule has 1 aliphatic heterocycles. The average molecular weight is 225 g/mol. The van der Waals surface area contributed by atoms with Gasteiger partial charge in [0.1, 0.15) is 18.2 Å². The molecule has 0 atom stereocenters. The van der Waals surface area contributed by atoms with Crippen LogP contribution >= 0.6 is 0 Å². The fourth-order valence-corrected chi connectivity index (χ4v) is 1.53. The summed E-state index contributed by atoms with van der Waals surface area (Å²) in [5.41, 5.74) is 4.90. The Morgan fingerprint density at radius 3 is 3.00 bits per heavy atom. The Morgan fingerprint density at radius 1 is 1.56 bits per heavy atom. The van der Waals surface area contributed by atoms with Crippen LogP contribution < -0.4 is 10.5 Å². The number of ketones is 1. The van der Waals surface area contributed by atoms with Crippen LogP contribution in [0.4, 0.5) is 9.18 Å². The van der Waals surface area contributed by atoms with Gasteiger partial charge in [-0.25, -0.2) is 9.18 Å². The van der Waals surface area contributed by atoms with Gasteiger partial charge in [0.05, 0.1) is 5.56 Å². The summed E-state index contributed by atoms with van der Waals surface area (Å²) in [6, 6.07) is 2.51. The fourth-order valence-electron chi connectivity index (χ4n) is 1.53. The second kappa shape index (κ2) is 3.80. The number of hydrogen-bond acceptors (Lipinski definition) is 4. The Morgan fingerprint density at radius 2 is 2.31 bits per heavy atom. The summed E-state index contributed by atoms with van der Waals surface area (Å²) in [5, 5.41) is 0. The van der Waals surface area contributed by atoms with Crippen molar-refractivity contribution in [1.82, 2.24) is 0 Å². The maximum absolute atomic E-state index is 13.4. The summed E-state index contributed by atoms with van der Waals surface area (Å²) in [4.78, 5) is 21.8. The molecule has 1 aromatic rings. The zero-order chi connectivity index (χ0) is 11.7. The summed E-state index contributed by atoms with van der Waals surface area (Å²) in [5.74, 6) is -0.661. The molecule has 1 amide bonds. The standard InChI is InChI=1S/C10H8FNO4/c11-6-1-2-8-9(7(13)4-15-8)5(6)3-16-10(12)14/h1-2H,3-4H2,(H2,12,14). The van der Waals surface area contributed by atoms with Gasteiger partial charge in [0.2, 0.25) is 5.78 Å².